The third-order valence-corrected chi connectivity index (χ3v) is 14.3. The highest BCUT2D eigenvalue weighted by atomic mass is 32.2. The van der Waals surface area contributed by atoms with Crippen LogP contribution in [0.25, 0.3) is 0 Å². The fraction of sp³-hybridized carbons (Fsp3) is 0.311. The van der Waals surface area contributed by atoms with Crippen LogP contribution < -0.4 is 0 Å². The van der Waals surface area contributed by atoms with Crippen molar-refractivity contribution in [2.24, 2.45) is 0 Å². The molecule has 4 saturated heterocycles. The Kier molecular flexibility index (Phi) is 17.7. The molecule has 0 aromatic heterocycles. The molecule has 4 heterocycles. The van der Waals surface area contributed by atoms with Crippen molar-refractivity contribution in [1.29, 1.82) is 0 Å². The second-order valence-corrected chi connectivity index (χ2v) is 19.4. The lowest BCUT2D eigenvalue weighted by Crippen LogP contribution is -2.62. The molecule has 0 saturated carbocycles. The van der Waals surface area contributed by atoms with Crippen LogP contribution in [0.3, 0.4) is 0 Å². The minimum absolute atomic E-state index is 0.156. The van der Waals surface area contributed by atoms with Gasteiger partial charge in [0, 0.05) is 16.0 Å². The molecule has 7 aromatic rings. The van der Waals surface area contributed by atoms with Crippen LogP contribution in [0.4, 0.5) is 0 Å². The van der Waals surface area contributed by atoms with Gasteiger partial charge >= 0.3 is 0 Å². The van der Waals surface area contributed by atoms with Gasteiger partial charge in [-0.2, -0.15) is 0 Å². The second-order valence-electron chi connectivity index (χ2n) is 18.3. The Hall–Kier alpha value is -5.51. The Morgan fingerprint density at radius 2 is 0.708 bits per heavy atom. The van der Waals surface area contributed by atoms with Crippen LogP contribution in [0, 0.1) is 0 Å². The first-order valence-corrected chi connectivity index (χ1v) is 25.8. The number of rotatable bonds is 16. The number of hydrogen-bond acceptors (Lipinski definition) is 11. The Balaban J connectivity index is 0.000000168. The number of benzene rings is 7. The smallest absolute Gasteiger partial charge is 0.184 e. The summed E-state index contributed by atoms with van der Waals surface area (Å²) in [5.74, 6) is 0. The van der Waals surface area contributed by atoms with E-state index in [4.69, 9.17) is 47.4 Å². The summed E-state index contributed by atoms with van der Waals surface area (Å²) in [4.78, 5) is 1.11. The van der Waals surface area contributed by atoms with Gasteiger partial charge < -0.3 is 47.4 Å². The molecule has 0 amide bonds. The molecule has 0 radical (unpaired) electrons. The summed E-state index contributed by atoms with van der Waals surface area (Å²) in [6.45, 7) is 4.75. The van der Waals surface area contributed by atoms with Crippen molar-refractivity contribution in [1.82, 2.24) is 0 Å². The van der Waals surface area contributed by atoms with Gasteiger partial charge in [0.15, 0.2) is 12.6 Å². The van der Waals surface area contributed by atoms with E-state index in [2.05, 4.69) is 60.7 Å². The van der Waals surface area contributed by atoms with Gasteiger partial charge in [-0.3, -0.25) is 0 Å². The van der Waals surface area contributed by atoms with E-state index >= 15 is 0 Å². The third kappa shape index (κ3) is 13.2. The fourth-order valence-electron chi connectivity index (χ4n) is 9.45. The van der Waals surface area contributed by atoms with Crippen LogP contribution >= 0.6 is 11.8 Å². The van der Waals surface area contributed by atoms with Gasteiger partial charge in [0.1, 0.15) is 54.3 Å². The molecule has 0 aliphatic carbocycles. The minimum atomic E-state index is -0.494. The lowest BCUT2D eigenvalue weighted by Gasteiger charge is -2.49. The number of thioether (sulfide) groups is 1. The van der Waals surface area contributed by atoms with E-state index in [1.54, 1.807) is 11.8 Å². The first-order chi connectivity index (χ1) is 35.6. The van der Waals surface area contributed by atoms with Gasteiger partial charge in [0.2, 0.25) is 0 Å². The zero-order valence-electron chi connectivity index (χ0n) is 40.4. The molecule has 11 heteroatoms. The molecule has 10 nitrogen and oxygen atoms in total. The van der Waals surface area contributed by atoms with Gasteiger partial charge in [-0.15, -0.1) is 0 Å². The maximum absolute atomic E-state index is 6.69. The van der Waals surface area contributed by atoms with Crippen molar-refractivity contribution in [3.63, 3.8) is 0 Å². The van der Waals surface area contributed by atoms with E-state index in [-0.39, 0.29) is 60.4 Å². The minimum Gasteiger partial charge on any atom is -0.368 e. The lowest BCUT2D eigenvalue weighted by atomic mass is 9.94. The fourth-order valence-corrected chi connectivity index (χ4v) is 10.6. The van der Waals surface area contributed by atoms with E-state index in [0.717, 1.165) is 38.3 Å². The van der Waals surface area contributed by atoms with E-state index in [1.807, 2.05) is 159 Å². The highest BCUT2D eigenvalue weighted by Crippen LogP contribution is 2.42. The third-order valence-electron chi connectivity index (χ3n) is 13.1. The molecule has 4 fully saturated rings. The summed E-state index contributed by atoms with van der Waals surface area (Å²) >= 11 is 1.65. The van der Waals surface area contributed by atoms with Crippen molar-refractivity contribution in [2.45, 2.75) is 111 Å². The molecule has 72 heavy (non-hydrogen) atoms. The zero-order valence-corrected chi connectivity index (χ0v) is 41.2. The van der Waals surface area contributed by atoms with Crippen LogP contribution in [0.15, 0.2) is 217 Å². The van der Waals surface area contributed by atoms with Crippen molar-refractivity contribution < 1.29 is 47.4 Å². The molecular weight excluding hydrogens is 925 g/mol. The van der Waals surface area contributed by atoms with Gasteiger partial charge in [0.25, 0.3) is 0 Å². The van der Waals surface area contributed by atoms with Gasteiger partial charge in [0.05, 0.1) is 45.7 Å². The molecule has 6 unspecified atom stereocenters. The number of fused-ring (bicyclic) bond motifs is 2. The second kappa shape index (κ2) is 25.4. The van der Waals surface area contributed by atoms with Crippen molar-refractivity contribution >= 4 is 11.8 Å². The van der Waals surface area contributed by atoms with Crippen LogP contribution in [-0.4, -0.2) is 73.6 Å². The summed E-state index contributed by atoms with van der Waals surface area (Å²) in [5, 5.41) is 0. The Bertz CT molecular complexity index is 2620. The average Bonchev–Trinajstić information content (AvgIpc) is 3.45. The molecule has 11 rings (SSSR count). The van der Waals surface area contributed by atoms with Gasteiger partial charge in [-0.25, -0.2) is 0 Å². The number of hydrogen-bond donors (Lipinski definition) is 0. The zero-order chi connectivity index (χ0) is 48.7. The summed E-state index contributed by atoms with van der Waals surface area (Å²) in [5.41, 5.74) is 6.07. The lowest BCUT2D eigenvalue weighted by molar-refractivity contribution is -0.337. The summed E-state index contributed by atoms with van der Waals surface area (Å²) in [7, 11) is 0. The highest BCUT2D eigenvalue weighted by Gasteiger charge is 2.52. The Morgan fingerprint density at radius 1 is 0.375 bits per heavy atom. The molecule has 372 valence electrons. The standard InChI is InChI=1S/C33H32O5S.C28H30O5/c1-5-13-24(14-6-1)21-34-30-29-28(23-36-32(38-29)26-17-9-3-10-18-26)37-33(39-27-19-11-4-12-20-27)31(30)35-22-25-15-7-2-8-16-25;1-20-25(29-17-21-11-5-2-6-12-21)27(30-18-22-13-7-3-8-14-22)26-24(32-20)19-31-28(33-26)23-15-9-4-10-16-23/h1-20,28-33H,21-23H2;2-16,20,24-28H,17-19H2,1H3/t28?,29-,30-,31?,32?,33-;20-,24?,25?,26-,27+,28?/m11/s1. The Labute approximate surface area is 427 Å². The molecule has 4 aliphatic heterocycles. The van der Waals surface area contributed by atoms with Crippen LogP contribution in [-0.2, 0) is 73.8 Å². The predicted molar refractivity (Wildman–Crippen MR) is 275 cm³/mol. The average molecular weight is 987 g/mol. The molecule has 7 aromatic carbocycles. The topological polar surface area (TPSA) is 92.3 Å². The molecule has 0 N–H and O–H groups in total. The molecule has 12 atom stereocenters. The first kappa shape index (κ1) is 50.0. The van der Waals surface area contributed by atoms with E-state index in [0.29, 0.717) is 39.6 Å². The predicted octanol–water partition coefficient (Wildman–Crippen LogP) is 11.8. The summed E-state index contributed by atoms with van der Waals surface area (Å²) in [6, 6.07) is 71.1. The van der Waals surface area contributed by atoms with Gasteiger partial charge in [-0.05, 0) is 41.3 Å². The SMILES string of the molecule is C[C@H]1OC2COC(c3ccccc3)O[C@H]2[C@@H](OCc2ccccc2)C1OCc1ccccc1.c1ccc(COC2[C@@H](Sc3ccccc3)OC3COC(c4ccccc4)O[C@H]3[C@H]2OCc2ccccc2)cc1. The quantitative estimate of drug-likeness (QED) is 0.0927. The van der Waals surface area contributed by atoms with Crippen molar-refractivity contribution in [3.05, 3.63) is 246 Å². The van der Waals surface area contributed by atoms with Crippen LogP contribution in [0.5, 0.6) is 0 Å². The first-order valence-electron chi connectivity index (χ1n) is 24.9. The largest absolute Gasteiger partial charge is 0.368 e. The Morgan fingerprint density at radius 3 is 1.12 bits per heavy atom. The maximum Gasteiger partial charge on any atom is 0.184 e. The van der Waals surface area contributed by atoms with E-state index < -0.39 is 12.6 Å². The monoisotopic (exact) mass is 986 g/mol. The molecule has 0 bridgehead atoms. The number of ether oxygens (including phenoxy) is 10. The van der Waals surface area contributed by atoms with Crippen molar-refractivity contribution in [2.75, 3.05) is 13.2 Å². The van der Waals surface area contributed by atoms with Gasteiger partial charge in [-0.1, -0.05) is 212 Å². The van der Waals surface area contributed by atoms with E-state index in [9.17, 15) is 0 Å². The van der Waals surface area contributed by atoms with E-state index in [1.165, 1.54) is 0 Å². The molecule has 4 aliphatic rings. The summed E-state index contributed by atoms with van der Waals surface area (Å²) in [6.07, 6.45) is -3.59. The van der Waals surface area contributed by atoms with Crippen molar-refractivity contribution in [3.8, 4) is 0 Å². The molecule has 0 spiro atoms. The maximum atomic E-state index is 6.69. The normalized spacial score (nSPS) is 27.8. The van der Waals surface area contributed by atoms with Crippen LogP contribution in [0.2, 0.25) is 0 Å². The molecular formula is C61H62O10S. The highest BCUT2D eigenvalue weighted by molar-refractivity contribution is 7.99. The summed E-state index contributed by atoms with van der Waals surface area (Å²) < 4.78 is 64.5. The van der Waals surface area contributed by atoms with Crippen LogP contribution in [0.1, 0.15) is 52.9 Å².